The molecule has 3 aromatic rings. The summed E-state index contributed by atoms with van der Waals surface area (Å²) in [7, 11) is 0. The van der Waals surface area contributed by atoms with Crippen molar-refractivity contribution < 1.29 is 9.47 Å². The molecule has 3 heterocycles. The molecule has 4 rings (SSSR count). The van der Waals surface area contributed by atoms with Crippen molar-refractivity contribution in [3.63, 3.8) is 0 Å². The molecule has 0 radical (unpaired) electrons. The first-order valence-corrected chi connectivity index (χ1v) is 11.4. The van der Waals surface area contributed by atoms with Gasteiger partial charge in [-0.2, -0.15) is 0 Å². The summed E-state index contributed by atoms with van der Waals surface area (Å²) < 4.78 is 14.2. The Hall–Kier alpha value is -1.79. The standard InChI is InChI=1S/C19H23IN6O2S/c1-11(2)8-22-4-3-5-26-18-16(17(21)23-9-24-18)25-19(26)29-15-7-14-13(6-12(15)20)27-10-28-14/h6-7,9,11,22H,3-5,8,10H2,1-2H3,(H2,21,23,24). The number of imidazole rings is 1. The van der Waals surface area contributed by atoms with Crippen molar-refractivity contribution in [3.05, 3.63) is 22.0 Å². The monoisotopic (exact) mass is 526 g/mol. The molecule has 0 bridgehead atoms. The summed E-state index contributed by atoms with van der Waals surface area (Å²) in [6.45, 7) is 7.41. The van der Waals surface area contributed by atoms with E-state index < -0.39 is 0 Å². The minimum Gasteiger partial charge on any atom is -0.454 e. The van der Waals surface area contributed by atoms with Crippen LogP contribution in [0.5, 0.6) is 11.5 Å². The zero-order valence-corrected chi connectivity index (χ0v) is 19.3. The largest absolute Gasteiger partial charge is 0.454 e. The van der Waals surface area contributed by atoms with Crippen LogP contribution in [-0.4, -0.2) is 39.4 Å². The molecule has 0 saturated heterocycles. The molecule has 10 heteroatoms. The molecular formula is C19H23IN6O2S. The van der Waals surface area contributed by atoms with Gasteiger partial charge < -0.3 is 25.1 Å². The van der Waals surface area contributed by atoms with Crippen molar-refractivity contribution in [2.45, 2.75) is 36.9 Å². The number of ether oxygens (including phenoxy) is 2. The van der Waals surface area contributed by atoms with Crippen LogP contribution in [-0.2, 0) is 6.54 Å². The molecule has 8 nitrogen and oxygen atoms in total. The summed E-state index contributed by atoms with van der Waals surface area (Å²) in [5.41, 5.74) is 7.46. The fourth-order valence-corrected chi connectivity index (χ4v) is 4.75. The molecule has 29 heavy (non-hydrogen) atoms. The van der Waals surface area contributed by atoms with Gasteiger partial charge in [-0.05, 0) is 60.2 Å². The maximum atomic E-state index is 6.06. The lowest BCUT2D eigenvalue weighted by Crippen LogP contribution is -2.21. The molecule has 0 unspecified atom stereocenters. The van der Waals surface area contributed by atoms with Gasteiger partial charge in [0.1, 0.15) is 6.33 Å². The van der Waals surface area contributed by atoms with E-state index in [-0.39, 0.29) is 6.79 Å². The molecular weight excluding hydrogens is 503 g/mol. The van der Waals surface area contributed by atoms with Crippen LogP contribution in [0.1, 0.15) is 20.3 Å². The number of benzene rings is 1. The van der Waals surface area contributed by atoms with Gasteiger partial charge in [-0.25, -0.2) is 15.0 Å². The van der Waals surface area contributed by atoms with E-state index in [4.69, 9.17) is 20.2 Å². The van der Waals surface area contributed by atoms with E-state index >= 15 is 0 Å². The van der Waals surface area contributed by atoms with Gasteiger partial charge in [-0.15, -0.1) is 0 Å². The Kier molecular flexibility index (Phi) is 6.30. The Morgan fingerprint density at radius 1 is 1.28 bits per heavy atom. The third-order valence-corrected chi connectivity index (χ3v) is 6.75. The fourth-order valence-electron chi connectivity index (χ4n) is 3.04. The number of nitrogens with two attached hydrogens (primary N) is 1. The van der Waals surface area contributed by atoms with Crippen molar-refractivity contribution in [2.75, 3.05) is 25.6 Å². The van der Waals surface area contributed by atoms with Crippen molar-refractivity contribution in [2.24, 2.45) is 5.92 Å². The Balaban J connectivity index is 1.60. The molecule has 1 aliphatic heterocycles. The molecule has 1 aromatic carbocycles. The van der Waals surface area contributed by atoms with E-state index in [1.165, 1.54) is 6.33 Å². The highest BCUT2D eigenvalue weighted by Gasteiger charge is 2.20. The predicted octanol–water partition coefficient (Wildman–Crippen LogP) is 3.53. The smallest absolute Gasteiger partial charge is 0.231 e. The molecule has 1 aliphatic rings. The highest BCUT2D eigenvalue weighted by molar-refractivity contribution is 14.1. The van der Waals surface area contributed by atoms with Crippen LogP contribution in [0.25, 0.3) is 11.2 Å². The van der Waals surface area contributed by atoms with E-state index in [1.807, 2.05) is 12.1 Å². The third-order valence-electron chi connectivity index (χ3n) is 4.44. The number of hydrogen-bond acceptors (Lipinski definition) is 8. The first kappa shape index (κ1) is 20.5. The first-order chi connectivity index (χ1) is 14.0. The van der Waals surface area contributed by atoms with Crippen molar-refractivity contribution >= 4 is 51.3 Å². The summed E-state index contributed by atoms with van der Waals surface area (Å²) in [6.07, 6.45) is 2.46. The first-order valence-electron chi connectivity index (χ1n) is 9.47. The predicted molar refractivity (Wildman–Crippen MR) is 121 cm³/mol. The van der Waals surface area contributed by atoms with Gasteiger partial charge >= 0.3 is 0 Å². The molecule has 0 atom stereocenters. The normalized spacial score (nSPS) is 13.0. The average molecular weight is 526 g/mol. The molecule has 0 saturated carbocycles. The van der Waals surface area contributed by atoms with Gasteiger partial charge in [-0.1, -0.05) is 25.6 Å². The van der Waals surface area contributed by atoms with Crippen LogP contribution in [0.4, 0.5) is 5.82 Å². The number of aromatic nitrogens is 4. The van der Waals surface area contributed by atoms with Crippen molar-refractivity contribution in [3.8, 4) is 11.5 Å². The average Bonchev–Trinajstić information content (AvgIpc) is 3.27. The lowest BCUT2D eigenvalue weighted by atomic mass is 10.2. The number of aryl methyl sites for hydroxylation is 1. The maximum Gasteiger partial charge on any atom is 0.231 e. The highest BCUT2D eigenvalue weighted by Crippen LogP contribution is 2.41. The number of nitrogen functional groups attached to an aromatic ring is 1. The van der Waals surface area contributed by atoms with Crippen LogP contribution in [0.3, 0.4) is 0 Å². The van der Waals surface area contributed by atoms with Gasteiger partial charge in [0.2, 0.25) is 6.79 Å². The summed E-state index contributed by atoms with van der Waals surface area (Å²) in [6, 6.07) is 3.99. The number of hydrogen-bond donors (Lipinski definition) is 2. The van der Waals surface area contributed by atoms with Crippen molar-refractivity contribution in [1.82, 2.24) is 24.8 Å². The van der Waals surface area contributed by atoms with Crippen LogP contribution < -0.4 is 20.5 Å². The Morgan fingerprint density at radius 2 is 2.07 bits per heavy atom. The zero-order chi connectivity index (χ0) is 20.4. The van der Waals surface area contributed by atoms with Crippen LogP contribution in [0, 0.1) is 9.49 Å². The van der Waals surface area contributed by atoms with E-state index in [0.29, 0.717) is 17.3 Å². The second-order valence-electron chi connectivity index (χ2n) is 7.17. The summed E-state index contributed by atoms with van der Waals surface area (Å²) in [5, 5.41) is 4.32. The molecule has 0 spiro atoms. The molecule has 0 fully saturated rings. The second kappa shape index (κ2) is 8.92. The Labute approximate surface area is 187 Å². The summed E-state index contributed by atoms with van der Waals surface area (Å²) in [5.74, 6) is 2.57. The second-order valence-corrected chi connectivity index (χ2v) is 9.34. The minimum atomic E-state index is 0.257. The molecule has 3 N–H and O–H groups in total. The number of anilines is 1. The number of nitrogens with one attached hydrogen (secondary N) is 1. The lowest BCUT2D eigenvalue weighted by Gasteiger charge is -2.11. The van der Waals surface area contributed by atoms with Crippen LogP contribution in [0.2, 0.25) is 0 Å². The van der Waals surface area contributed by atoms with E-state index in [1.54, 1.807) is 11.8 Å². The van der Waals surface area contributed by atoms with Crippen molar-refractivity contribution in [1.29, 1.82) is 0 Å². The number of rotatable bonds is 8. The lowest BCUT2D eigenvalue weighted by molar-refractivity contribution is 0.174. The zero-order valence-electron chi connectivity index (χ0n) is 16.3. The highest BCUT2D eigenvalue weighted by atomic mass is 127. The minimum absolute atomic E-state index is 0.257. The SMILES string of the molecule is CC(C)CNCCCn1c(Sc2cc3c(cc2I)OCO3)nc2c(N)ncnc21. The number of halogens is 1. The molecule has 2 aromatic heterocycles. The fraction of sp³-hybridized carbons (Fsp3) is 0.421. The van der Waals surface area contributed by atoms with E-state index in [2.05, 4.69) is 56.3 Å². The van der Waals surface area contributed by atoms with Gasteiger partial charge in [-0.3, -0.25) is 0 Å². The quantitative estimate of drug-likeness (QED) is 0.340. The number of nitrogens with zero attached hydrogens (tertiary/aromatic N) is 4. The Bertz CT molecular complexity index is 1030. The Morgan fingerprint density at radius 3 is 2.86 bits per heavy atom. The molecule has 0 amide bonds. The van der Waals surface area contributed by atoms with E-state index in [0.717, 1.165) is 56.8 Å². The maximum absolute atomic E-state index is 6.06. The van der Waals surface area contributed by atoms with Gasteiger partial charge in [0.05, 0.1) is 0 Å². The van der Waals surface area contributed by atoms with Gasteiger partial charge in [0.25, 0.3) is 0 Å². The molecule has 154 valence electrons. The number of fused-ring (bicyclic) bond motifs is 2. The topological polar surface area (TPSA) is 100 Å². The van der Waals surface area contributed by atoms with Crippen LogP contribution in [0.15, 0.2) is 28.5 Å². The van der Waals surface area contributed by atoms with Gasteiger partial charge in [0.15, 0.2) is 33.6 Å². The van der Waals surface area contributed by atoms with Crippen LogP contribution >= 0.6 is 34.4 Å². The summed E-state index contributed by atoms with van der Waals surface area (Å²) >= 11 is 3.88. The molecule has 0 aliphatic carbocycles. The van der Waals surface area contributed by atoms with E-state index in [9.17, 15) is 0 Å². The summed E-state index contributed by atoms with van der Waals surface area (Å²) in [4.78, 5) is 14.3. The third kappa shape index (κ3) is 4.53. The van der Waals surface area contributed by atoms with Gasteiger partial charge in [0, 0.05) is 15.0 Å².